The lowest BCUT2D eigenvalue weighted by Crippen LogP contribution is -2.39. The Bertz CT molecular complexity index is 823. The van der Waals surface area contributed by atoms with Gasteiger partial charge < -0.3 is 9.80 Å². The van der Waals surface area contributed by atoms with Crippen LogP contribution >= 0.6 is 0 Å². The van der Waals surface area contributed by atoms with Crippen LogP contribution in [0, 0.1) is 12.8 Å². The molecule has 1 N–H and O–H groups in total. The smallest absolute Gasteiger partial charge is 0.257 e. The van der Waals surface area contributed by atoms with Crippen LogP contribution in [-0.2, 0) is 11.8 Å². The van der Waals surface area contributed by atoms with Crippen molar-refractivity contribution in [3.63, 3.8) is 0 Å². The average Bonchev–Trinajstić information content (AvgIpc) is 3.31. The van der Waals surface area contributed by atoms with Gasteiger partial charge in [0.05, 0.1) is 17.8 Å². The van der Waals surface area contributed by atoms with E-state index < -0.39 is 0 Å². The summed E-state index contributed by atoms with van der Waals surface area (Å²) in [4.78, 5) is 33.7. The number of nitrogens with one attached hydrogen (secondary N) is 1. The number of hydrogen-bond acceptors (Lipinski definition) is 5. The van der Waals surface area contributed by atoms with E-state index in [4.69, 9.17) is 0 Å². The first kappa shape index (κ1) is 16.7. The molecular weight excluding hydrogens is 334 g/mol. The average molecular weight is 357 g/mol. The molecule has 2 aromatic rings. The van der Waals surface area contributed by atoms with E-state index in [1.807, 2.05) is 11.8 Å². The minimum Gasteiger partial charge on any atom is -0.341 e. The van der Waals surface area contributed by atoms with Gasteiger partial charge in [0.2, 0.25) is 5.91 Å². The number of rotatable bonds is 3. The van der Waals surface area contributed by atoms with Crippen LogP contribution in [0.2, 0.25) is 0 Å². The third-order valence-corrected chi connectivity index (χ3v) is 5.02. The van der Waals surface area contributed by atoms with Crippen LogP contribution in [-0.4, -0.2) is 66.2 Å². The minimum absolute atomic E-state index is 0.105. The summed E-state index contributed by atoms with van der Waals surface area (Å²) in [6.45, 7) is 3.46. The van der Waals surface area contributed by atoms with Crippen molar-refractivity contribution in [3.8, 4) is 0 Å². The minimum atomic E-state index is -0.260. The normalized spacial score (nSPS) is 20.9. The van der Waals surface area contributed by atoms with E-state index >= 15 is 0 Å². The standard InChI is InChI=1S/C17H23N7O2/c1-11-19-15(21-20-11)14-5-6-23(16(25)12-3-4-12)7-8-24(14)17(26)13-9-18-22(2)10-13/h9-10,12,14H,3-8H2,1-2H3,(H,19,20,21). The first-order valence-electron chi connectivity index (χ1n) is 9.00. The Morgan fingerprint density at radius 1 is 1.19 bits per heavy atom. The maximum absolute atomic E-state index is 13.1. The zero-order valence-corrected chi connectivity index (χ0v) is 15.1. The number of carbonyl (C=O) groups excluding carboxylic acids is 2. The van der Waals surface area contributed by atoms with E-state index in [-0.39, 0.29) is 23.8 Å². The highest BCUT2D eigenvalue weighted by Crippen LogP contribution is 2.33. The third kappa shape index (κ3) is 3.21. The Morgan fingerprint density at radius 2 is 2.00 bits per heavy atom. The molecule has 0 radical (unpaired) electrons. The van der Waals surface area contributed by atoms with E-state index in [9.17, 15) is 9.59 Å². The largest absolute Gasteiger partial charge is 0.341 e. The number of hydrogen-bond donors (Lipinski definition) is 1. The Kier molecular flexibility index (Phi) is 4.21. The van der Waals surface area contributed by atoms with Gasteiger partial charge in [0.25, 0.3) is 5.91 Å². The van der Waals surface area contributed by atoms with E-state index in [1.165, 1.54) is 0 Å². The summed E-state index contributed by atoms with van der Waals surface area (Å²) in [5, 5.41) is 11.2. The summed E-state index contributed by atoms with van der Waals surface area (Å²) in [6, 6.07) is -0.260. The highest BCUT2D eigenvalue weighted by atomic mass is 16.2. The monoisotopic (exact) mass is 357 g/mol. The molecule has 3 heterocycles. The number of aryl methyl sites for hydroxylation is 2. The Labute approximate surface area is 151 Å². The van der Waals surface area contributed by atoms with Crippen LogP contribution in [0.25, 0.3) is 0 Å². The van der Waals surface area contributed by atoms with Gasteiger partial charge in [0, 0.05) is 38.8 Å². The fourth-order valence-corrected chi connectivity index (χ4v) is 3.46. The van der Waals surface area contributed by atoms with Crippen molar-refractivity contribution in [2.24, 2.45) is 13.0 Å². The molecule has 1 atom stereocenters. The molecule has 2 aromatic heterocycles. The van der Waals surface area contributed by atoms with Crippen molar-refractivity contribution in [1.82, 2.24) is 34.8 Å². The highest BCUT2D eigenvalue weighted by molar-refractivity contribution is 5.94. The fraction of sp³-hybridized carbons (Fsp3) is 0.588. The van der Waals surface area contributed by atoms with Gasteiger partial charge in [-0.1, -0.05) is 0 Å². The molecule has 1 saturated carbocycles. The second-order valence-corrected chi connectivity index (χ2v) is 7.08. The summed E-state index contributed by atoms with van der Waals surface area (Å²) in [7, 11) is 1.78. The predicted octanol–water partition coefficient (Wildman–Crippen LogP) is 0.672. The molecular formula is C17H23N7O2. The van der Waals surface area contributed by atoms with E-state index in [0.29, 0.717) is 43.3 Å². The van der Waals surface area contributed by atoms with Crippen LogP contribution in [0.1, 0.15) is 47.3 Å². The van der Waals surface area contributed by atoms with Gasteiger partial charge in [-0.15, -0.1) is 0 Å². The SMILES string of the molecule is Cc1nc(C2CCN(C(=O)C3CC3)CCN2C(=O)c2cnn(C)c2)n[nH]1. The Hall–Kier alpha value is -2.71. The van der Waals surface area contributed by atoms with Crippen LogP contribution in [0.5, 0.6) is 0 Å². The second kappa shape index (κ2) is 6.54. The van der Waals surface area contributed by atoms with Crippen molar-refractivity contribution < 1.29 is 9.59 Å². The Morgan fingerprint density at radius 3 is 2.62 bits per heavy atom. The van der Waals surface area contributed by atoms with Crippen LogP contribution in [0.3, 0.4) is 0 Å². The second-order valence-electron chi connectivity index (χ2n) is 7.08. The first-order chi connectivity index (χ1) is 12.5. The molecule has 9 heteroatoms. The lowest BCUT2D eigenvalue weighted by Gasteiger charge is -2.27. The summed E-state index contributed by atoms with van der Waals surface area (Å²) in [5.41, 5.74) is 0.534. The zero-order valence-electron chi connectivity index (χ0n) is 15.1. The number of aromatic amines is 1. The van der Waals surface area contributed by atoms with E-state index in [1.54, 1.807) is 29.0 Å². The van der Waals surface area contributed by atoms with E-state index in [2.05, 4.69) is 20.3 Å². The maximum Gasteiger partial charge on any atom is 0.257 e. The molecule has 2 aliphatic rings. The quantitative estimate of drug-likeness (QED) is 0.870. The summed E-state index contributed by atoms with van der Waals surface area (Å²) in [6.07, 6.45) is 5.87. The van der Waals surface area contributed by atoms with Gasteiger partial charge in [-0.3, -0.25) is 19.4 Å². The number of carbonyl (C=O) groups is 2. The lowest BCUT2D eigenvalue weighted by atomic mass is 10.1. The van der Waals surface area contributed by atoms with E-state index in [0.717, 1.165) is 12.8 Å². The highest BCUT2D eigenvalue weighted by Gasteiger charge is 2.37. The third-order valence-electron chi connectivity index (χ3n) is 5.02. The van der Waals surface area contributed by atoms with Gasteiger partial charge in [0.1, 0.15) is 5.82 Å². The molecule has 2 fully saturated rings. The Balaban J connectivity index is 1.60. The molecule has 1 aliphatic heterocycles. The molecule has 1 aliphatic carbocycles. The molecule has 0 aromatic carbocycles. The molecule has 2 amide bonds. The molecule has 4 rings (SSSR count). The van der Waals surface area contributed by atoms with Crippen molar-refractivity contribution >= 4 is 11.8 Å². The van der Waals surface area contributed by atoms with Crippen LogP contribution in [0.15, 0.2) is 12.4 Å². The number of nitrogens with zero attached hydrogens (tertiary/aromatic N) is 6. The number of aromatic nitrogens is 5. The lowest BCUT2D eigenvalue weighted by molar-refractivity contribution is -0.132. The van der Waals surface area contributed by atoms with Gasteiger partial charge in [-0.05, 0) is 26.2 Å². The number of amides is 2. The fourth-order valence-electron chi connectivity index (χ4n) is 3.46. The molecule has 138 valence electrons. The summed E-state index contributed by atoms with van der Waals surface area (Å²) in [5.74, 6) is 1.60. The van der Waals surface area contributed by atoms with Gasteiger partial charge in [0.15, 0.2) is 5.82 Å². The molecule has 1 unspecified atom stereocenters. The predicted molar refractivity (Wildman–Crippen MR) is 92.0 cm³/mol. The molecule has 1 saturated heterocycles. The van der Waals surface area contributed by atoms with Crippen LogP contribution in [0.4, 0.5) is 0 Å². The summed E-state index contributed by atoms with van der Waals surface area (Å²) >= 11 is 0. The van der Waals surface area contributed by atoms with Gasteiger partial charge >= 0.3 is 0 Å². The molecule has 26 heavy (non-hydrogen) atoms. The first-order valence-corrected chi connectivity index (χ1v) is 9.00. The topological polar surface area (TPSA) is 100 Å². The molecule has 9 nitrogen and oxygen atoms in total. The van der Waals surface area contributed by atoms with Gasteiger partial charge in [-0.2, -0.15) is 10.2 Å². The summed E-state index contributed by atoms with van der Waals surface area (Å²) < 4.78 is 1.61. The van der Waals surface area contributed by atoms with Crippen molar-refractivity contribution in [2.75, 3.05) is 19.6 Å². The van der Waals surface area contributed by atoms with Gasteiger partial charge in [-0.25, -0.2) is 4.98 Å². The van der Waals surface area contributed by atoms with Crippen molar-refractivity contribution in [2.45, 2.75) is 32.2 Å². The van der Waals surface area contributed by atoms with Crippen molar-refractivity contribution in [3.05, 3.63) is 29.6 Å². The zero-order chi connectivity index (χ0) is 18.3. The van der Waals surface area contributed by atoms with Crippen molar-refractivity contribution in [1.29, 1.82) is 0 Å². The maximum atomic E-state index is 13.1. The molecule has 0 bridgehead atoms. The molecule has 0 spiro atoms. The number of H-pyrrole nitrogens is 1. The van der Waals surface area contributed by atoms with Crippen LogP contribution < -0.4 is 0 Å².